The van der Waals surface area contributed by atoms with Crippen molar-refractivity contribution in [3.05, 3.63) is 16.0 Å². The lowest BCUT2D eigenvalue weighted by atomic mass is 9.95. The Balaban J connectivity index is 2.55. The van der Waals surface area contributed by atoms with Gasteiger partial charge in [-0.25, -0.2) is 0 Å². The van der Waals surface area contributed by atoms with E-state index >= 15 is 0 Å². The summed E-state index contributed by atoms with van der Waals surface area (Å²) >= 11 is 2.23. The number of rotatable bonds is 7. The normalized spacial score (nSPS) is 14.4. The summed E-state index contributed by atoms with van der Waals surface area (Å²) in [6.45, 7) is 6.75. The van der Waals surface area contributed by atoms with Gasteiger partial charge in [-0.1, -0.05) is 0 Å². The number of aromatic nitrogens is 2. The smallest absolute Gasteiger partial charge is 0.325 e. The molecule has 1 aromatic heterocycles. The van der Waals surface area contributed by atoms with Crippen molar-refractivity contribution in [3.8, 4) is 0 Å². The highest BCUT2D eigenvalue weighted by molar-refractivity contribution is 14.1. The molecule has 5 nitrogen and oxygen atoms in total. The summed E-state index contributed by atoms with van der Waals surface area (Å²) in [5.74, 6) is -0.212. The Morgan fingerprint density at radius 1 is 1.63 bits per heavy atom. The number of aryl methyl sites for hydroxylation is 1. The monoisotopic (exact) mass is 379 g/mol. The van der Waals surface area contributed by atoms with Crippen LogP contribution in [0.1, 0.15) is 33.6 Å². The molecule has 19 heavy (non-hydrogen) atoms. The van der Waals surface area contributed by atoms with Crippen LogP contribution >= 0.6 is 22.6 Å². The predicted octanol–water partition coefficient (Wildman–Crippen LogP) is 2.20. The number of esters is 1. The van der Waals surface area contributed by atoms with Crippen LogP contribution in [0.5, 0.6) is 0 Å². The van der Waals surface area contributed by atoms with E-state index in [1.165, 1.54) is 7.11 Å². The van der Waals surface area contributed by atoms with Crippen LogP contribution in [-0.2, 0) is 16.1 Å². The van der Waals surface area contributed by atoms with Gasteiger partial charge in [-0.2, -0.15) is 5.10 Å². The van der Waals surface area contributed by atoms with Gasteiger partial charge in [0.2, 0.25) is 0 Å². The number of nitrogens with one attached hydrogen (secondary N) is 1. The fourth-order valence-corrected chi connectivity index (χ4v) is 2.60. The molecular weight excluding hydrogens is 357 g/mol. The summed E-state index contributed by atoms with van der Waals surface area (Å²) < 4.78 is 7.91. The molecule has 1 atom stereocenters. The Bertz CT molecular complexity index is 420. The molecule has 1 unspecified atom stereocenters. The number of hydrogen-bond donors (Lipinski definition) is 1. The number of carbonyl (C=O) groups excluding carboxylic acids is 1. The quantitative estimate of drug-likeness (QED) is 0.583. The molecule has 0 saturated heterocycles. The number of halogens is 1. The van der Waals surface area contributed by atoms with Gasteiger partial charge in [0.1, 0.15) is 5.54 Å². The van der Waals surface area contributed by atoms with E-state index < -0.39 is 5.54 Å². The molecule has 1 aromatic rings. The average Bonchev–Trinajstić information content (AvgIpc) is 2.73. The van der Waals surface area contributed by atoms with Crippen LogP contribution in [0.4, 0.5) is 0 Å². The van der Waals surface area contributed by atoms with Crippen molar-refractivity contribution in [2.24, 2.45) is 0 Å². The summed E-state index contributed by atoms with van der Waals surface area (Å²) in [6.07, 6.45) is 5.40. The zero-order valence-electron chi connectivity index (χ0n) is 11.9. The van der Waals surface area contributed by atoms with Gasteiger partial charge in [0.05, 0.1) is 16.9 Å². The molecular formula is C13H22IN3O2. The Labute approximate surface area is 128 Å². The van der Waals surface area contributed by atoms with Gasteiger partial charge in [-0.05, 0) is 56.2 Å². The van der Waals surface area contributed by atoms with Gasteiger partial charge in [-0.15, -0.1) is 0 Å². The van der Waals surface area contributed by atoms with Crippen molar-refractivity contribution in [3.63, 3.8) is 0 Å². The van der Waals surface area contributed by atoms with E-state index in [0.29, 0.717) is 6.42 Å². The number of hydrogen-bond acceptors (Lipinski definition) is 4. The molecule has 0 aliphatic carbocycles. The van der Waals surface area contributed by atoms with Gasteiger partial charge in [0.25, 0.3) is 0 Å². The highest BCUT2D eigenvalue weighted by Crippen LogP contribution is 2.16. The molecule has 0 fully saturated rings. The van der Waals surface area contributed by atoms with Gasteiger partial charge >= 0.3 is 5.97 Å². The topological polar surface area (TPSA) is 56.2 Å². The van der Waals surface area contributed by atoms with E-state index in [9.17, 15) is 4.79 Å². The van der Waals surface area contributed by atoms with Gasteiger partial charge in [0, 0.05) is 18.8 Å². The maximum Gasteiger partial charge on any atom is 0.325 e. The lowest BCUT2D eigenvalue weighted by molar-refractivity contribution is -0.148. The molecule has 0 bridgehead atoms. The highest BCUT2D eigenvalue weighted by atomic mass is 127. The summed E-state index contributed by atoms with van der Waals surface area (Å²) in [6, 6.07) is 0.231. The number of ether oxygens (including phenoxy) is 1. The molecule has 1 heterocycles. The van der Waals surface area contributed by atoms with Crippen molar-refractivity contribution in [2.45, 2.75) is 51.7 Å². The first kappa shape index (κ1) is 16.4. The standard InChI is InChI=1S/C13H22IN3O2/c1-10(2)16-13(3,12(18)19-4)6-5-7-17-9-11(14)8-15-17/h8-10,16H,5-7H2,1-4H3. The molecule has 1 N–H and O–H groups in total. The largest absolute Gasteiger partial charge is 0.468 e. The van der Waals surface area contributed by atoms with Crippen LogP contribution < -0.4 is 5.32 Å². The first-order chi connectivity index (χ1) is 8.87. The van der Waals surface area contributed by atoms with Gasteiger partial charge < -0.3 is 4.74 Å². The molecule has 0 aromatic carbocycles. The molecule has 6 heteroatoms. The molecule has 0 spiro atoms. The van der Waals surface area contributed by atoms with Crippen LogP contribution in [0.25, 0.3) is 0 Å². The maximum absolute atomic E-state index is 11.9. The Hall–Kier alpha value is -0.630. The van der Waals surface area contributed by atoms with Crippen molar-refractivity contribution >= 4 is 28.6 Å². The van der Waals surface area contributed by atoms with E-state index in [1.807, 2.05) is 37.8 Å². The SMILES string of the molecule is COC(=O)C(C)(CCCn1cc(I)cn1)NC(C)C. The number of nitrogens with zero attached hydrogens (tertiary/aromatic N) is 2. The fourth-order valence-electron chi connectivity index (χ4n) is 2.15. The summed E-state index contributed by atoms with van der Waals surface area (Å²) in [4.78, 5) is 11.9. The molecule has 0 radical (unpaired) electrons. The molecule has 0 saturated carbocycles. The first-order valence-electron chi connectivity index (χ1n) is 6.41. The van der Waals surface area contributed by atoms with Crippen LogP contribution in [0.2, 0.25) is 0 Å². The third-order valence-electron chi connectivity index (χ3n) is 2.91. The summed E-state index contributed by atoms with van der Waals surface area (Å²) in [5, 5.41) is 7.53. The number of carbonyl (C=O) groups is 1. The van der Waals surface area contributed by atoms with E-state index in [-0.39, 0.29) is 12.0 Å². The Morgan fingerprint density at radius 2 is 2.32 bits per heavy atom. The molecule has 108 valence electrons. The third kappa shape index (κ3) is 5.10. The third-order valence-corrected chi connectivity index (χ3v) is 3.47. The van der Waals surface area contributed by atoms with Crippen LogP contribution in [0.15, 0.2) is 12.4 Å². The Morgan fingerprint density at radius 3 is 2.79 bits per heavy atom. The second-order valence-electron chi connectivity index (χ2n) is 5.15. The molecule has 1 rings (SSSR count). The minimum Gasteiger partial charge on any atom is -0.468 e. The van der Waals surface area contributed by atoms with Crippen LogP contribution in [0, 0.1) is 3.57 Å². The predicted molar refractivity (Wildman–Crippen MR) is 82.9 cm³/mol. The zero-order chi connectivity index (χ0) is 14.5. The van der Waals surface area contributed by atoms with Crippen molar-refractivity contribution in [2.75, 3.05) is 7.11 Å². The second-order valence-corrected chi connectivity index (χ2v) is 6.39. The van der Waals surface area contributed by atoms with E-state index in [4.69, 9.17) is 4.74 Å². The van der Waals surface area contributed by atoms with E-state index in [0.717, 1.165) is 16.5 Å². The van der Waals surface area contributed by atoms with Gasteiger partial charge in [0.15, 0.2) is 0 Å². The fraction of sp³-hybridized carbons (Fsp3) is 0.692. The summed E-state index contributed by atoms with van der Waals surface area (Å²) in [5.41, 5.74) is -0.636. The van der Waals surface area contributed by atoms with Crippen molar-refractivity contribution in [1.82, 2.24) is 15.1 Å². The van der Waals surface area contributed by atoms with Crippen molar-refractivity contribution in [1.29, 1.82) is 0 Å². The molecule has 0 amide bonds. The van der Waals surface area contributed by atoms with Crippen LogP contribution in [-0.4, -0.2) is 34.4 Å². The molecule has 0 aliphatic heterocycles. The minimum absolute atomic E-state index is 0.212. The highest BCUT2D eigenvalue weighted by Gasteiger charge is 2.34. The zero-order valence-corrected chi connectivity index (χ0v) is 14.1. The van der Waals surface area contributed by atoms with Crippen molar-refractivity contribution < 1.29 is 9.53 Å². The summed E-state index contributed by atoms with van der Waals surface area (Å²) in [7, 11) is 1.43. The first-order valence-corrected chi connectivity index (χ1v) is 7.49. The average molecular weight is 379 g/mol. The van der Waals surface area contributed by atoms with Gasteiger partial charge in [-0.3, -0.25) is 14.8 Å². The lowest BCUT2D eigenvalue weighted by Crippen LogP contribution is -2.53. The second kappa shape index (κ2) is 7.23. The number of methoxy groups -OCH3 is 1. The Kier molecular flexibility index (Phi) is 6.25. The van der Waals surface area contributed by atoms with E-state index in [1.54, 1.807) is 0 Å². The van der Waals surface area contributed by atoms with E-state index in [2.05, 4.69) is 33.0 Å². The lowest BCUT2D eigenvalue weighted by Gasteiger charge is -2.30. The minimum atomic E-state index is -0.636. The maximum atomic E-state index is 11.9. The van der Waals surface area contributed by atoms with Crippen LogP contribution in [0.3, 0.4) is 0 Å². The molecule has 0 aliphatic rings.